The molecule has 1 aliphatic rings. The van der Waals surface area contributed by atoms with E-state index in [2.05, 4.69) is 5.32 Å². The number of methoxy groups -OCH3 is 1. The largest absolute Gasteiger partial charge is 0.467 e. The van der Waals surface area contributed by atoms with E-state index in [0.29, 0.717) is 25.1 Å². The van der Waals surface area contributed by atoms with Crippen molar-refractivity contribution in [1.82, 2.24) is 10.2 Å². The second-order valence-corrected chi connectivity index (χ2v) is 7.68. The first kappa shape index (κ1) is 20.6. The van der Waals surface area contributed by atoms with E-state index in [1.807, 2.05) is 6.26 Å². The number of hydrogen-bond acceptors (Lipinski definition) is 6. The summed E-state index contributed by atoms with van der Waals surface area (Å²) in [5.74, 6) is 0.0349. The third-order valence-electron chi connectivity index (χ3n) is 3.61. The van der Waals surface area contributed by atoms with Gasteiger partial charge in [-0.15, -0.1) is 0 Å². The lowest BCUT2D eigenvalue weighted by atomic mass is 10.1. The molecule has 0 aromatic heterocycles. The Morgan fingerprint density at radius 2 is 2.00 bits per heavy atom. The van der Waals surface area contributed by atoms with Crippen LogP contribution in [0.2, 0.25) is 0 Å². The number of alkyl carbamates (subject to hydrolysis) is 1. The molecule has 1 aliphatic heterocycles. The number of carbonyl (C=O) groups is 3. The van der Waals surface area contributed by atoms with Crippen LogP contribution in [0.15, 0.2) is 0 Å². The summed E-state index contributed by atoms with van der Waals surface area (Å²) >= 11 is 1.59. The van der Waals surface area contributed by atoms with Gasteiger partial charge in [-0.3, -0.25) is 4.79 Å². The van der Waals surface area contributed by atoms with Crippen LogP contribution in [0.4, 0.5) is 4.79 Å². The Morgan fingerprint density at radius 3 is 2.54 bits per heavy atom. The molecule has 0 saturated carbocycles. The zero-order chi connectivity index (χ0) is 18.3. The van der Waals surface area contributed by atoms with Crippen LogP contribution in [0.1, 0.15) is 40.0 Å². The number of nitrogens with one attached hydrogen (secondary N) is 1. The lowest BCUT2D eigenvalue weighted by Crippen LogP contribution is -2.52. The minimum Gasteiger partial charge on any atom is -0.467 e. The van der Waals surface area contributed by atoms with Crippen LogP contribution in [0.25, 0.3) is 0 Å². The normalized spacial score (nSPS) is 18.9. The molecule has 2 amide bonds. The predicted octanol–water partition coefficient (Wildman–Crippen LogP) is 1.80. The number of rotatable bonds is 6. The van der Waals surface area contributed by atoms with Crippen molar-refractivity contribution in [3.63, 3.8) is 0 Å². The van der Waals surface area contributed by atoms with Crippen LogP contribution >= 0.6 is 11.8 Å². The molecular weight excluding hydrogens is 332 g/mol. The number of likely N-dealkylation sites (tertiary alicyclic amines) is 1. The van der Waals surface area contributed by atoms with Crippen LogP contribution in [-0.4, -0.2) is 66.2 Å². The number of esters is 1. The standard InChI is InChI=1S/C16H28N2O5S/c1-16(2,3)23-15(21)17-11(8-10-24-5)13(19)18-9-6-7-12(18)14(20)22-4/h11-12H,6-10H2,1-5H3,(H,17,21)/t11-,12-/m0/s1. The molecule has 7 nitrogen and oxygen atoms in total. The summed E-state index contributed by atoms with van der Waals surface area (Å²) in [5.41, 5.74) is -0.640. The number of nitrogens with zero attached hydrogens (tertiary/aromatic N) is 1. The number of amides is 2. The maximum absolute atomic E-state index is 12.8. The maximum Gasteiger partial charge on any atom is 0.408 e. The molecule has 0 spiro atoms. The fourth-order valence-corrected chi connectivity index (χ4v) is 3.03. The minimum atomic E-state index is -0.711. The Hall–Kier alpha value is -1.44. The van der Waals surface area contributed by atoms with Crippen molar-refractivity contribution in [2.45, 2.75) is 57.7 Å². The van der Waals surface area contributed by atoms with E-state index in [0.717, 1.165) is 6.42 Å². The lowest BCUT2D eigenvalue weighted by molar-refractivity contribution is -0.151. The molecular formula is C16H28N2O5S. The molecule has 8 heteroatoms. The first-order chi connectivity index (χ1) is 11.2. The highest BCUT2D eigenvalue weighted by Crippen LogP contribution is 2.20. The van der Waals surface area contributed by atoms with E-state index < -0.39 is 29.7 Å². The van der Waals surface area contributed by atoms with Gasteiger partial charge in [-0.05, 0) is 52.0 Å². The summed E-state index contributed by atoms with van der Waals surface area (Å²) in [4.78, 5) is 38.2. The van der Waals surface area contributed by atoms with Gasteiger partial charge in [0.1, 0.15) is 17.7 Å². The number of thioether (sulfide) groups is 1. The lowest BCUT2D eigenvalue weighted by Gasteiger charge is -2.28. The van der Waals surface area contributed by atoms with Crippen molar-refractivity contribution in [1.29, 1.82) is 0 Å². The van der Waals surface area contributed by atoms with Gasteiger partial charge in [0.25, 0.3) is 0 Å². The van der Waals surface area contributed by atoms with Gasteiger partial charge in [-0.1, -0.05) is 0 Å². The fourth-order valence-electron chi connectivity index (χ4n) is 2.55. The van der Waals surface area contributed by atoms with E-state index in [1.54, 1.807) is 32.5 Å². The number of hydrogen-bond donors (Lipinski definition) is 1. The Morgan fingerprint density at radius 1 is 1.33 bits per heavy atom. The van der Waals surface area contributed by atoms with Gasteiger partial charge >= 0.3 is 12.1 Å². The van der Waals surface area contributed by atoms with Crippen LogP contribution in [0.5, 0.6) is 0 Å². The monoisotopic (exact) mass is 360 g/mol. The van der Waals surface area contributed by atoms with Crippen LogP contribution < -0.4 is 5.32 Å². The van der Waals surface area contributed by atoms with Crippen molar-refractivity contribution < 1.29 is 23.9 Å². The van der Waals surface area contributed by atoms with Crippen LogP contribution in [-0.2, 0) is 19.1 Å². The van der Waals surface area contributed by atoms with Crippen molar-refractivity contribution in [3.05, 3.63) is 0 Å². The summed E-state index contributed by atoms with van der Waals surface area (Å²) in [5, 5.41) is 2.64. The molecule has 0 bridgehead atoms. The molecule has 1 fully saturated rings. The highest BCUT2D eigenvalue weighted by atomic mass is 32.2. The molecule has 1 N–H and O–H groups in total. The first-order valence-corrected chi connectivity index (χ1v) is 9.45. The fraction of sp³-hybridized carbons (Fsp3) is 0.812. The van der Waals surface area contributed by atoms with E-state index in [-0.39, 0.29) is 5.91 Å². The first-order valence-electron chi connectivity index (χ1n) is 8.06. The Labute approximate surface area is 147 Å². The van der Waals surface area contributed by atoms with Gasteiger partial charge in [0.2, 0.25) is 5.91 Å². The molecule has 0 radical (unpaired) electrons. The van der Waals surface area contributed by atoms with Crippen molar-refractivity contribution in [3.8, 4) is 0 Å². The SMILES string of the molecule is COC(=O)[C@@H]1CCCN1C(=O)[C@H](CCSC)NC(=O)OC(C)(C)C. The molecule has 0 aromatic rings. The summed E-state index contributed by atoms with van der Waals surface area (Å²) in [6.07, 6.45) is 3.11. The predicted molar refractivity (Wildman–Crippen MR) is 92.9 cm³/mol. The Balaban J connectivity index is 2.80. The average molecular weight is 360 g/mol. The van der Waals surface area contributed by atoms with Gasteiger partial charge in [0.15, 0.2) is 0 Å². The number of carbonyl (C=O) groups excluding carboxylic acids is 3. The molecule has 138 valence electrons. The summed E-state index contributed by atoms with van der Waals surface area (Å²) < 4.78 is 10.0. The van der Waals surface area contributed by atoms with E-state index >= 15 is 0 Å². The molecule has 1 heterocycles. The smallest absolute Gasteiger partial charge is 0.408 e. The van der Waals surface area contributed by atoms with E-state index in [4.69, 9.17) is 9.47 Å². The summed E-state index contributed by atoms with van der Waals surface area (Å²) in [7, 11) is 1.31. The highest BCUT2D eigenvalue weighted by Gasteiger charge is 2.38. The number of ether oxygens (including phenoxy) is 2. The van der Waals surface area contributed by atoms with Crippen LogP contribution in [0, 0.1) is 0 Å². The molecule has 2 atom stereocenters. The Bertz CT molecular complexity index is 464. The molecule has 0 unspecified atom stereocenters. The van der Waals surface area contributed by atoms with Crippen LogP contribution in [0.3, 0.4) is 0 Å². The second-order valence-electron chi connectivity index (χ2n) is 6.69. The quantitative estimate of drug-likeness (QED) is 0.727. The van der Waals surface area contributed by atoms with Gasteiger partial charge in [0, 0.05) is 6.54 Å². The van der Waals surface area contributed by atoms with E-state index in [1.165, 1.54) is 12.0 Å². The third-order valence-corrected chi connectivity index (χ3v) is 4.25. The summed E-state index contributed by atoms with van der Waals surface area (Å²) in [6, 6.07) is -1.28. The van der Waals surface area contributed by atoms with Crippen molar-refractivity contribution in [2.75, 3.05) is 25.7 Å². The Kier molecular flexibility index (Phi) is 7.86. The van der Waals surface area contributed by atoms with Gasteiger partial charge in [0.05, 0.1) is 7.11 Å². The molecule has 1 saturated heterocycles. The third kappa shape index (κ3) is 6.22. The zero-order valence-electron chi connectivity index (χ0n) is 15.1. The molecule has 0 aliphatic carbocycles. The molecule has 24 heavy (non-hydrogen) atoms. The van der Waals surface area contributed by atoms with Gasteiger partial charge in [-0.2, -0.15) is 11.8 Å². The highest BCUT2D eigenvalue weighted by molar-refractivity contribution is 7.98. The molecule has 0 aromatic carbocycles. The van der Waals surface area contributed by atoms with Gasteiger partial charge in [-0.25, -0.2) is 9.59 Å². The molecule has 1 rings (SSSR count). The summed E-state index contributed by atoms with van der Waals surface area (Å²) in [6.45, 7) is 5.78. The minimum absolute atomic E-state index is 0.261. The zero-order valence-corrected chi connectivity index (χ0v) is 15.9. The van der Waals surface area contributed by atoms with Gasteiger partial charge < -0.3 is 19.7 Å². The van der Waals surface area contributed by atoms with Crippen molar-refractivity contribution >= 4 is 29.7 Å². The second kappa shape index (κ2) is 9.15. The maximum atomic E-state index is 12.8. The topological polar surface area (TPSA) is 84.9 Å². The van der Waals surface area contributed by atoms with E-state index in [9.17, 15) is 14.4 Å². The van der Waals surface area contributed by atoms with Crippen molar-refractivity contribution in [2.24, 2.45) is 0 Å². The average Bonchev–Trinajstić information content (AvgIpc) is 2.97.